The van der Waals surface area contributed by atoms with Gasteiger partial charge in [0.25, 0.3) is 0 Å². The summed E-state index contributed by atoms with van der Waals surface area (Å²) in [6.07, 6.45) is 4.01. The molecule has 1 aliphatic rings. The maximum absolute atomic E-state index is 10.8. The molecule has 66 valence electrons. The van der Waals surface area contributed by atoms with E-state index in [0.29, 0.717) is 5.25 Å². The molecule has 0 bridgehead atoms. The third kappa shape index (κ3) is 2.86. The summed E-state index contributed by atoms with van der Waals surface area (Å²) < 4.78 is 0. The molecule has 2 nitrogen and oxygen atoms in total. The first-order valence-corrected chi connectivity index (χ1v) is 5.17. The lowest BCUT2D eigenvalue weighted by molar-refractivity contribution is -0.109. The van der Waals surface area contributed by atoms with Crippen LogP contribution >= 0.6 is 11.8 Å². The topological polar surface area (TPSA) is 40.9 Å². The van der Waals surface area contributed by atoms with Crippen LogP contribution in [0.15, 0.2) is 0 Å². The van der Waals surface area contributed by atoms with E-state index < -0.39 is 0 Å². The van der Waals surface area contributed by atoms with Crippen LogP contribution in [-0.2, 0) is 4.79 Å². The van der Waals surface area contributed by atoms with Gasteiger partial charge in [0, 0.05) is 18.1 Å². The third-order valence-electron chi connectivity index (χ3n) is 2.19. The number of hydrogen-bond donors (Lipinski definition) is 0. The highest BCUT2D eigenvalue weighted by atomic mass is 32.2. The van der Waals surface area contributed by atoms with E-state index in [9.17, 15) is 4.79 Å². The molecule has 0 saturated heterocycles. The lowest BCUT2D eigenvalue weighted by atomic mass is 9.90. The first-order chi connectivity index (χ1) is 5.72. The van der Waals surface area contributed by atoms with Gasteiger partial charge in [0.05, 0.1) is 6.07 Å². The van der Waals surface area contributed by atoms with Gasteiger partial charge in [-0.1, -0.05) is 11.8 Å². The van der Waals surface area contributed by atoms with Crippen LogP contribution in [0.2, 0.25) is 0 Å². The smallest absolute Gasteiger partial charge is 0.186 e. The Morgan fingerprint density at radius 1 is 1.42 bits per heavy atom. The van der Waals surface area contributed by atoms with Crippen molar-refractivity contribution in [1.82, 2.24) is 0 Å². The molecule has 0 amide bonds. The average Bonchev–Trinajstić information content (AvgIpc) is 2.05. The summed E-state index contributed by atoms with van der Waals surface area (Å²) in [6, 6.07) is 2.28. The monoisotopic (exact) mass is 183 g/mol. The number of thioether (sulfide) groups is 1. The van der Waals surface area contributed by atoms with Gasteiger partial charge in [-0.3, -0.25) is 4.79 Å². The Morgan fingerprint density at radius 2 is 2.00 bits per heavy atom. The molecule has 0 aromatic carbocycles. The van der Waals surface area contributed by atoms with Crippen LogP contribution in [0.1, 0.15) is 32.6 Å². The maximum atomic E-state index is 10.8. The quantitative estimate of drug-likeness (QED) is 0.626. The average molecular weight is 183 g/mol. The molecule has 1 saturated carbocycles. The summed E-state index contributed by atoms with van der Waals surface area (Å²) in [4.78, 5) is 10.8. The largest absolute Gasteiger partial charge is 0.288 e. The van der Waals surface area contributed by atoms with E-state index in [2.05, 4.69) is 6.07 Å². The minimum Gasteiger partial charge on any atom is -0.288 e. The van der Waals surface area contributed by atoms with E-state index in [1.54, 1.807) is 6.92 Å². The van der Waals surface area contributed by atoms with Gasteiger partial charge in [-0.15, -0.1) is 0 Å². The zero-order valence-electron chi connectivity index (χ0n) is 7.25. The molecule has 1 fully saturated rings. The van der Waals surface area contributed by atoms with Crippen LogP contribution in [0, 0.1) is 17.2 Å². The van der Waals surface area contributed by atoms with Crippen molar-refractivity contribution in [3.05, 3.63) is 0 Å². The van der Waals surface area contributed by atoms with Crippen LogP contribution in [0.4, 0.5) is 0 Å². The zero-order valence-corrected chi connectivity index (χ0v) is 8.06. The molecular weight excluding hydrogens is 170 g/mol. The number of hydrogen-bond acceptors (Lipinski definition) is 3. The molecule has 12 heavy (non-hydrogen) atoms. The Bertz CT molecular complexity index is 201. The van der Waals surface area contributed by atoms with Gasteiger partial charge in [0.15, 0.2) is 5.12 Å². The first-order valence-electron chi connectivity index (χ1n) is 4.29. The fraction of sp³-hybridized carbons (Fsp3) is 0.778. The molecule has 0 N–H and O–H groups in total. The van der Waals surface area contributed by atoms with E-state index in [1.807, 2.05) is 0 Å². The van der Waals surface area contributed by atoms with Crippen LogP contribution in [-0.4, -0.2) is 10.4 Å². The molecule has 3 heteroatoms. The Kier molecular flexibility index (Phi) is 3.61. The Hall–Kier alpha value is -0.490. The summed E-state index contributed by atoms with van der Waals surface area (Å²) in [5.41, 5.74) is 0. The van der Waals surface area contributed by atoms with Crippen LogP contribution in [0.3, 0.4) is 0 Å². The minimum atomic E-state index is 0.204. The second-order valence-corrected chi connectivity index (χ2v) is 4.69. The van der Waals surface area contributed by atoms with Gasteiger partial charge in [0.1, 0.15) is 0 Å². The van der Waals surface area contributed by atoms with E-state index in [1.165, 1.54) is 11.8 Å². The molecule has 1 rings (SSSR count). The minimum absolute atomic E-state index is 0.204. The molecule has 0 spiro atoms. The summed E-state index contributed by atoms with van der Waals surface area (Å²) in [5.74, 6) is 0.244. The Labute approximate surface area is 77.3 Å². The lowest BCUT2D eigenvalue weighted by Gasteiger charge is -2.22. The van der Waals surface area contributed by atoms with Crippen molar-refractivity contribution in [3.8, 4) is 6.07 Å². The van der Waals surface area contributed by atoms with Crippen molar-refractivity contribution in [2.75, 3.05) is 0 Å². The van der Waals surface area contributed by atoms with Crippen LogP contribution < -0.4 is 0 Å². The molecule has 0 heterocycles. The van der Waals surface area contributed by atoms with Crippen molar-refractivity contribution >= 4 is 16.9 Å². The van der Waals surface area contributed by atoms with Gasteiger partial charge >= 0.3 is 0 Å². The summed E-state index contributed by atoms with van der Waals surface area (Å²) in [6.45, 7) is 1.61. The SMILES string of the molecule is CC(=O)SC1CCC(C#N)CC1. The number of rotatable bonds is 1. The lowest BCUT2D eigenvalue weighted by Crippen LogP contribution is -2.16. The molecule has 0 aromatic heterocycles. The van der Waals surface area contributed by atoms with E-state index >= 15 is 0 Å². The Morgan fingerprint density at radius 3 is 2.42 bits per heavy atom. The zero-order chi connectivity index (χ0) is 8.97. The highest BCUT2D eigenvalue weighted by Gasteiger charge is 2.21. The highest BCUT2D eigenvalue weighted by molar-refractivity contribution is 8.14. The van der Waals surface area contributed by atoms with Gasteiger partial charge in [-0.2, -0.15) is 5.26 Å². The number of nitriles is 1. The number of nitrogens with zero attached hydrogens (tertiary/aromatic N) is 1. The summed E-state index contributed by atoms with van der Waals surface area (Å²) in [5, 5.41) is 9.32. The summed E-state index contributed by atoms with van der Waals surface area (Å²) >= 11 is 1.44. The van der Waals surface area contributed by atoms with Crippen molar-refractivity contribution in [3.63, 3.8) is 0 Å². The van der Waals surface area contributed by atoms with Gasteiger partial charge in [-0.05, 0) is 25.7 Å². The van der Waals surface area contributed by atoms with E-state index in [-0.39, 0.29) is 11.0 Å². The van der Waals surface area contributed by atoms with Gasteiger partial charge in [0.2, 0.25) is 0 Å². The van der Waals surface area contributed by atoms with E-state index in [4.69, 9.17) is 5.26 Å². The van der Waals surface area contributed by atoms with E-state index in [0.717, 1.165) is 25.7 Å². The van der Waals surface area contributed by atoms with Crippen molar-refractivity contribution < 1.29 is 4.79 Å². The molecule has 0 aliphatic heterocycles. The van der Waals surface area contributed by atoms with Crippen LogP contribution in [0.25, 0.3) is 0 Å². The predicted molar refractivity (Wildman–Crippen MR) is 49.6 cm³/mol. The van der Waals surface area contributed by atoms with Gasteiger partial charge < -0.3 is 0 Å². The standard InChI is InChI=1S/C9H13NOS/c1-7(11)12-9-4-2-8(6-10)3-5-9/h8-9H,2-5H2,1H3. The number of carbonyl (C=O) groups is 1. The third-order valence-corrected chi connectivity index (χ3v) is 3.33. The molecule has 0 aromatic rings. The van der Waals surface area contributed by atoms with Crippen molar-refractivity contribution in [2.24, 2.45) is 5.92 Å². The normalized spacial score (nSPS) is 29.3. The molecule has 0 atom stereocenters. The van der Waals surface area contributed by atoms with Gasteiger partial charge in [-0.25, -0.2) is 0 Å². The molecule has 0 radical (unpaired) electrons. The summed E-state index contributed by atoms with van der Waals surface area (Å²) in [7, 11) is 0. The number of carbonyl (C=O) groups excluding carboxylic acids is 1. The second kappa shape index (κ2) is 4.51. The molecular formula is C9H13NOS. The predicted octanol–water partition coefficient (Wildman–Crippen LogP) is 2.35. The highest BCUT2D eigenvalue weighted by Crippen LogP contribution is 2.31. The Balaban J connectivity index is 2.27. The fourth-order valence-electron chi connectivity index (χ4n) is 1.54. The van der Waals surface area contributed by atoms with Crippen molar-refractivity contribution in [2.45, 2.75) is 37.9 Å². The van der Waals surface area contributed by atoms with Crippen LogP contribution in [0.5, 0.6) is 0 Å². The van der Waals surface area contributed by atoms with Crippen molar-refractivity contribution in [1.29, 1.82) is 5.26 Å². The maximum Gasteiger partial charge on any atom is 0.186 e. The fourth-order valence-corrected chi connectivity index (χ4v) is 2.52. The first kappa shape index (κ1) is 9.60. The second-order valence-electron chi connectivity index (χ2n) is 3.21. The molecule has 0 unspecified atom stereocenters. The molecule has 1 aliphatic carbocycles.